The number of aromatic nitrogens is 1. The van der Waals surface area contributed by atoms with Gasteiger partial charge >= 0.3 is 6.18 Å². The highest BCUT2D eigenvalue weighted by Gasteiger charge is 2.33. The van der Waals surface area contributed by atoms with Crippen LogP contribution in [0.3, 0.4) is 0 Å². The van der Waals surface area contributed by atoms with Crippen LogP contribution in [0.25, 0.3) is 10.9 Å². The molecule has 94 valence electrons. The SMILES string of the molecule is O=c1cc(C(F)(F)F)c2cc([N+](=O)[O-])ccc2[nH]1. The number of halogens is 3. The summed E-state index contributed by atoms with van der Waals surface area (Å²) in [5.74, 6) is 0. The summed E-state index contributed by atoms with van der Waals surface area (Å²) in [5, 5.41) is 10.1. The van der Waals surface area contributed by atoms with Gasteiger partial charge in [-0.3, -0.25) is 14.9 Å². The number of aromatic amines is 1. The van der Waals surface area contributed by atoms with Gasteiger partial charge in [0.1, 0.15) is 0 Å². The molecule has 0 amide bonds. The van der Waals surface area contributed by atoms with Crippen molar-refractivity contribution in [3.63, 3.8) is 0 Å². The Morgan fingerprint density at radius 3 is 2.44 bits per heavy atom. The topological polar surface area (TPSA) is 76.0 Å². The zero-order valence-corrected chi connectivity index (χ0v) is 8.62. The number of nitro groups is 1. The van der Waals surface area contributed by atoms with Crippen LogP contribution in [0.4, 0.5) is 18.9 Å². The predicted molar refractivity (Wildman–Crippen MR) is 56.2 cm³/mol. The standard InChI is InChI=1S/C10H5F3N2O3/c11-10(12,13)7-4-9(16)14-8-2-1-5(15(17)18)3-6(7)8/h1-4H,(H,14,16). The van der Waals surface area contributed by atoms with Crippen molar-refractivity contribution in [2.45, 2.75) is 6.18 Å². The normalized spacial score (nSPS) is 11.7. The van der Waals surface area contributed by atoms with E-state index in [1.54, 1.807) is 0 Å². The fourth-order valence-electron chi connectivity index (χ4n) is 1.59. The number of benzene rings is 1. The minimum absolute atomic E-state index is 0.0968. The van der Waals surface area contributed by atoms with Gasteiger partial charge in [-0.25, -0.2) is 0 Å². The molecule has 0 aliphatic heterocycles. The predicted octanol–water partition coefficient (Wildman–Crippen LogP) is 2.46. The number of H-pyrrole nitrogens is 1. The average Bonchev–Trinajstić information content (AvgIpc) is 2.25. The zero-order valence-electron chi connectivity index (χ0n) is 8.62. The second kappa shape index (κ2) is 3.83. The summed E-state index contributed by atoms with van der Waals surface area (Å²) in [7, 11) is 0. The van der Waals surface area contributed by atoms with Gasteiger partial charge < -0.3 is 4.98 Å². The van der Waals surface area contributed by atoms with Gasteiger partial charge in [0.15, 0.2) is 0 Å². The van der Waals surface area contributed by atoms with Crippen molar-refractivity contribution in [3.8, 4) is 0 Å². The summed E-state index contributed by atoms with van der Waals surface area (Å²) in [6.45, 7) is 0. The molecule has 18 heavy (non-hydrogen) atoms. The quantitative estimate of drug-likeness (QED) is 0.630. The van der Waals surface area contributed by atoms with Crippen molar-refractivity contribution in [2.24, 2.45) is 0 Å². The summed E-state index contributed by atoms with van der Waals surface area (Å²) in [6, 6.07) is 3.27. The molecule has 1 N–H and O–H groups in total. The van der Waals surface area contributed by atoms with Crippen LogP contribution in [-0.2, 0) is 6.18 Å². The number of fused-ring (bicyclic) bond motifs is 1. The van der Waals surface area contributed by atoms with E-state index >= 15 is 0 Å². The van der Waals surface area contributed by atoms with E-state index < -0.39 is 33.3 Å². The van der Waals surface area contributed by atoms with E-state index in [0.717, 1.165) is 18.2 Å². The highest BCUT2D eigenvalue weighted by Crippen LogP contribution is 2.34. The molecular formula is C10H5F3N2O3. The molecule has 0 saturated heterocycles. The van der Waals surface area contributed by atoms with E-state index in [9.17, 15) is 28.1 Å². The molecular weight excluding hydrogens is 253 g/mol. The lowest BCUT2D eigenvalue weighted by molar-refractivity contribution is -0.384. The minimum atomic E-state index is -4.75. The number of nitro benzene ring substituents is 1. The maximum absolute atomic E-state index is 12.7. The largest absolute Gasteiger partial charge is 0.417 e. The third-order valence-corrected chi connectivity index (χ3v) is 2.34. The molecule has 2 rings (SSSR count). The highest BCUT2D eigenvalue weighted by molar-refractivity contribution is 5.84. The van der Waals surface area contributed by atoms with Gasteiger partial charge in [-0.05, 0) is 6.07 Å². The van der Waals surface area contributed by atoms with Crippen molar-refractivity contribution in [1.29, 1.82) is 0 Å². The zero-order chi connectivity index (χ0) is 13.5. The first-order valence-corrected chi connectivity index (χ1v) is 4.68. The number of alkyl halides is 3. The fraction of sp³-hybridized carbons (Fsp3) is 0.100. The van der Waals surface area contributed by atoms with Crippen molar-refractivity contribution < 1.29 is 18.1 Å². The highest BCUT2D eigenvalue weighted by atomic mass is 19.4. The van der Waals surface area contributed by atoms with Crippen LogP contribution in [0.2, 0.25) is 0 Å². The lowest BCUT2D eigenvalue weighted by Gasteiger charge is -2.09. The second-order valence-electron chi connectivity index (χ2n) is 3.53. The van der Waals surface area contributed by atoms with Gasteiger partial charge in [0.25, 0.3) is 5.69 Å². The maximum Gasteiger partial charge on any atom is 0.417 e. The molecule has 2 aromatic rings. The smallest absolute Gasteiger partial charge is 0.322 e. The van der Waals surface area contributed by atoms with E-state index in [1.165, 1.54) is 0 Å². The van der Waals surface area contributed by atoms with Crippen molar-refractivity contribution in [2.75, 3.05) is 0 Å². The fourth-order valence-corrected chi connectivity index (χ4v) is 1.59. The molecule has 0 atom stereocenters. The van der Waals surface area contributed by atoms with E-state index in [4.69, 9.17) is 0 Å². The second-order valence-corrected chi connectivity index (χ2v) is 3.53. The summed E-state index contributed by atoms with van der Waals surface area (Å²) >= 11 is 0. The number of nitrogens with zero attached hydrogens (tertiary/aromatic N) is 1. The molecule has 5 nitrogen and oxygen atoms in total. The Morgan fingerprint density at radius 1 is 1.22 bits per heavy atom. The van der Waals surface area contributed by atoms with E-state index in [2.05, 4.69) is 4.98 Å². The average molecular weight is 258 g/mol. The Kier molecular flexibility index (Phi) is 2.57. The summed E-state index contributed by atoms with van der Waals surface area (Å²) < 4.78 is 38.1. The Labute approximate surface area is 97.0 Å². The van der Waals surface area contributed by atoms with Crippen LogP contribution >= 0.6 is 0 Å². The van der Waals surface area contributed by atoms with Crippen LogP contribution in [0, 0.1) is 10.1 Å². The minimum Gasteiger partial charge on any atom is -0.322 e. The molecule has 0 fully saturated rings. The number of non-ortho nitro benzene ring substituents is 1. The lowest BCUT2D eigenvalue weighted by Crippen LogP contribution is -2.13. The van der Waals surface area contributed by atoms with Crippen LogP contribution in [-0.4, -0.2) is 9.91 Å². The number of hydrogen-bond acceptors (Lipinski definition) is 3. The monoisotopic (exact) mass is 258 g/mol. The first kappa shape index (κ1) is 12.1. The van der Waals surface area contributed by atoms with E-state index in [-0.39, 0.29) is 5.52 Å². The molecule has 0 spiro atoms. The Morgan fingerprint density at radius 2 is 1.89 bits per heavy atom. The van der Waals surface area contributed by atoms with Gasteiger partial charge in [0.05, 0.1) is 10.5 Å². The van der Waals surface area contributed by atoms with Gasteiger partial charge in [0.2, 0.25) is 5.56 Å². The molecule has 1 heterocycles. The van der Waals surface area contributed by atoms with E-state index in [1.807, 2.05) is 0 Å². The molecule has 0 unspecified atom stereocenters. The number of pyridine rings is 1. The van der Waals surface area contributed by atoms with Gasteiger partial charge in [0, 0.05) is 29.1 Å². The Hall–Kier alpha value is -2.38. The Balaban J connectivity index is 2.87. The Bertz CT molecular complexity index is 691. The third kappa shape index (κ3) is 2.04. The van der Waals surface area contributed by atoms with Crippen LogP contribution in [0.5, 0.6) is 0 Å². The number of nitrogens with one attached hydrogen (secondary N) is 1. The molecule has 8 heteroatoms. The van der Waals surface area contributed by atoms with Crippen LogP contribution < -0.4 is 5.56 Å². The molecule has 0 radical (unpaired) electrons. The van der Waals surface area contributed by atoms with Crippen LogP contribution in [0.15, 0.2) is 29.1 Å². The first-order chi connectivity index (χ1) is 8.29. The van der Waals surface area contributed by atoms with Gasteiger partial charge in [-0.2, -0.15) is 13.2 Å². The summed E-state index contributed by atoms with van der Waals surface area (Å²) in [6.07, 6.45) is -4.75. The molecule has 0 aliphatic carbocycles. The lowest BCUT2D eigenvalue weighted by atomic mass is 10.1. The molecule has 0 saturated carbocycles. The molecule has 0 aliphatic rings. The summed E-state index contributed by atoms with van der Waals surface area (Å²) in [4.78, 5) is 23.0. The molecule has 1 aromatic heterocycles. The van der Waals surface area contributed by atoms with E-state index in [0.29, 0.717) is 6.07 Å². The van der Waals surface area contributed by atoms with Crippen LogP contribution in [0.1, 0.15) is 5.56 Å². The number of rotatable bonds is 1. The van der Waals surface area contributed by atoms with Gasteiger partial charge in [-0.1, -0.05) is 0 Å². The number of hydrogen-bond donors (Lipinski definition) is 1. The summed E-state index contributed by atoms with van der Waals surface area (Å²) in [5.41, 5.74) is -2.67. The molecule has 1 aromatic carbocycles. The van der Waals surface area contributed by atoms with Crippen molar-refractivity contribution in [1.82, 2.24) is 4.98 Å². The van der Waals surface area contributed by atoms with Crippen molar-refractivity contribution >= 4 is 16.6 Å². The molecule has 0 bridgehead atoms. The van der Waals surface area contributed by atoms with Gasteiger partial charge in [-0.15, -0.1) is 0 Å². The third-order valence-electron chi connectivity index (χ3n) is 2.34. The maximum atomic E-state index is 12.7. The first-order valence-electron chi connectivity index (χ1n) is 4.68. The van der Waals surface area contributed by atoms with Crippen molar-refractivity contribution in [3.05, 3.63) is 50.3 Å².